The van der Waals surface area contributed by atoms with Crippen LogP contribution in [0.25, 0.3) is 28.2 Å². The SMILES string of the molecule is [2H]C1C[C@H](n2cnc(-c3cc(Cl)ccc3-n3cc(Cl)nn3)cc2=O)c2cc(ccn2)-c2c(cnn2C(F)F)NC(=O)[C@H](C)C1[2H]. The monoisotopic (exact) mass is 627 g/mol. The molecule has 43 heavy (non-hydrogen) atoms. The maximum Gasteiger partial charge on any atom is 0.333 e. The largest absolute Gasteiger partial charge is 0.333 e. The van der Waals surface area contributed by atoms with Gasteiger partial charge in [0.15, 0.2) is 5.15 Å². The van der Waals surface area contributed by atoms with E-state index < -0.39 is 42.8 Å². The number of benzene rings is 1. The Morgan fingerprint density at radius 1 is 1.14 bits per heavy atom. The number of fused-ring (bicyclic) bond motifs is 4. The normalized spacial score (nSPS) is 21.3. The summed E-state index contributed by atoms with van der Waals surface area (Å²) in [5.74, 6) is -1.62. The fourth-order valence-electron chi connectivity index (χ4n) is 4.86. The fraction of sp³-hybridized carbons (Fsp3) is 0.250. The number of hydrogen-bond acceptors (Lipinski definition) is 7. The minimum atomic E-state index is -3.02. The van der Waals surface area contributed by atoms with Gasteiger partial charge in [0, 0.05) is 37.1 Å². The maximum atomic E-state index is 14.0. The summed E-state index contributed by atoms with van der Waals surface area (Å²) >= 11 is 12.2. The van der Waals surface area contributed by atoms with E-state index in [9.17, 15) is 18.4 Å². The van der Waals surface area contributed by atoms with E-state index >= 15 is 0 Å². The minimum Gasteiger partial charge on any atom is -0.323 e. The first kappa shape index (κ1) is 26.2. The molecule has 220 valence electrons. The van der Waals surface area contributed by atoms with Gasteiger partial charge in [-0.3, -0.25) is 19.1 Å². The first-order valence-electron chi connectivity index (χ1n) is 14.1. The van der Waals surface area contributed by atoms with Gasteiger partial charge in [0.25, 0.3) is 5.56 Å². The van der Waals surface area contributed by atoms with Gasteiger partial charge < -0.3 is 5.32 Å². The summed E-state index contributed by atoms with van der Waals surface area (Å²) in [6.45, 7) is -1.54. The number of nitrogens with zero attached hydrogens (tertiary/aromatic N) is 8. The third-order valence-corrected chi connectivity index (χ3v) is 7.36. The maximum absolute atomic E-state index is 14.0. The van der Waals surface area contributed by atoms with Crippen molar-refractivity contribution in [3.63, 3.8) is 0 Å². The van der Waals surface area contributed by atoms with Gasteiger partial charge in [-0.25, -0.2) is 14.3 Å². The van der Waals surface area contributed by atoms with Crippen molar-refractivity contribution in [1.82, 2.24) is 39.3 Å². The highest BCUT2D eigenvalue weighted by atomic mass is 35.5. The van der Waals surface area contributed by atoms with Gasteiger partial charge >= 0.3 is 6.55 Å². The molecule has 0 saturated carbocycles. The predicted molar refractivity (Wildman–Crippen MR) is 155 cm³/mol. The molecule has 6 rings (SSSR count). The Morgan fingerprint density at radius 3 is 2.72 bits per heavy atom. The average molecular weight is 628 g/mol. The molecule has 0 aliphatic carbocycles. The number of amides is 1. The van der Waals surface area contributed by atoms with E-state index in [2.05, 4.69) is 30.7 Å². The molecule has 2 bridgehead atoms. The predicted octanol–water partition coefficient (Wildman–Crippen LogP) is 5.80. The molecule has 4 aromatic heterocycles. The molecular formula is C28H23Cl2F2N9O2. The molecule has 1 aromatic carbocycles. The van der Waals surface area contributed by atoms with E-state index in [1.807, 2.05) is 0 Å². The number of carbonyl (C=O) groups excluding carboxylic acids is 1. The molecule has 11 nitrogen and oxygen atoms in total. The highest BCUT2D eigenvalue weighted by molar-refractivity contribution is 6.31. The molecule has 5 aromatic rings. The molecule has 5 heterocycles. The summed E-state index contributed by atoms with van der Waals surface area (Å²) in [4.78, 5) is 35.7. The van der Waals surface area contributed by atoms with Gasteiger partial charge in [-0.1, -0.05) is 41.7 Å². The van der Waals surface area contributed by atoms with Crippen LogP contribution in [0.3, 0.4) is 0 Å². The number of aromatic nitrogens is 8. The van der Waals surface area contributed by atoms with Gasteiger partial charge in [-0.15, -0.1) is 5.10 Å². The molecule has 0 saturated heterocycles. The van der Waals surface area contributed by atoms with Crippen molar-refractivity contribution in [2.75, 3.05) is 5.32 Å². The Morgan fingerprint density at radius 2 is 1.98 bits per heavy atom. The number of halogens is 4. The Bertz CT molecular complexity index is 1970. The van der Waals surface area contributed by atoms with Gasteiger partial charge in [0.05, 0.1) is 53.2 Å². The molecule has 1 N–H and O–H groups in total. The summed E-state index contributed by atoms with van der Waals surface area (Å²) in [6.07, 6.45) is 2.78. The summed E-state index contributed by atoms with van der Waals surface area (Å²) in [6, 6.07) is 8.24. The highest BCUT2D eigenvalue weighted by Gasteiger charge is 2.26. The van der Waals surface area contributed by atoms with E-state index in [1.54, 1.807) is 18.2 Å². The minimum absolute atomic E-state index is 0.0179. The van der Waals surface area contributed by atoms with Crippen LogP contribution in [-0.4, -0.2) is 45.2 Å². The third-order valence-electron chi connectivity index (χ3n) is 6.95. The van der Waals surface area contributed by atoms with E-state index in [-0.39, 0.29) is 39.9 Å². The Hall–Kier alpha value is -4.49. The first-order chi connectivity index (χ1) is 21.5. The van der Waals surface area contributed by atoms with Crippen LogP contribution >= 0.6 is 23.2 Å². The zero-order valence-electron chi connectivity index (χ0n) is 24.3. The van der Waals surface area contributed by atoms with Crippen LogP contribution in [0, 0.1) is 5.92 Å². The molecule has 4 atom stereocenters. The molecule has 1 amide bonds. The topological polar surface area (TPSA) is 125 Å². The smallest absolute Gasteiger partial charge is 0.323 e. The molecular weight excluding hydrogens is 603 g/mol. The molecule has 1 aliphatic rings. The fourth-order valence-corrected chi connectivity index (χ4v) is 5.15. The van der Waals surface area contributed by atoms with E-state index in [1.165, 1.54) is 53.1 Å². The Kier molecular flexibility index (Phi) is 7.09. The number of anilines is 1. The second-order valence-electron chi connectivity index (χ2n) is 9.72. The number of rotatable bonds is 4. The average Bonchev–Trinajstić information content (AvgIpc) is 3.65. The Balaban J connectivity index is 1.49. The summed E-state index contributed by atoms with van der Waals surface area (Å²) in [5.41, 5.74) is 1.17. The van der Waals surface area contributed by atoms with E-state index in [4.69, 9.17) is 25.9 Å². The van der Waals surface area contributed by atoms with Crippen LogP contribution in [0.4, 0.5) is 14.5 Å². The van der Waals surface area contributed by atoms with Crippen molar-refractivity contribution >= 4 is 34.8 Å². The van der Waals surface area contributed by atoms with Crippen molar-refractivity contribution in [2.24, 2.45) is 5.92 Å². The molecule has 15 heteroatoms. The van der Waals surface area contributed by atoms with Crippen LogP contribution < -0.4 is 10.9 Å². The standard InChI is InChI=1S/C28H23Cl2F2N9O2/c1-15-3-2-4-23(20-9-16(7-8-33-20)26-21(36-27(15)43)12-35-41(26)28(31)32)39-14-34-19(11-25(39)42)18-10-17(29)5-6-22(18)40-13-24(30)37-38-40/h5-15,23,28H,2-4H2,1H3,(H,36,43)/t15-,23+/m1/s1/i2D,3D/t2?,3?,15-,23+. The van der Waals surface area contributed by atoms with Crippen molar-refractivity contribution in [3.8, 4) is 28.2 Å². The molecule has 0 radical (unpaired) electrons. The molecule has 0 fully saturated rings. The summed E-state index contributed by atoms with van der Waals surface area (Å²) in [7, 11) is 0. The first-order valence-corrected chi connectivity index (χ1v) is 13.7. The molecule has 2 unspecified atom stereocenters. The van der Waals surface area contributed by atoms with Gasteiger partial charge in [-0.05, 0) is 43.1 Å². The highest BCUT2D eigenvalue weighted by Crippen LogP contribution is 2.35. The lowest BCUT2D eigenvalue weighted by Crippen LogP contribution is -2.27. The van der Waals surface area contributed by atoms with Crippen molar-refractivity contribution in [3.05, 3.63) is 87.5 Å². The van der Waals surface area contributed by atoms with Gasteiger partial charge in [0.2, 0.25) is 5.91 Å². The number of alkyl halides is 2. The van der Waals surface area contributed by atoms with Crippen molar-refractivity contribution in [2.45, 2.75) is 38.7 Å². The van der Waals surface area contributed by atoms with Crippen molar-refractivity contribution < 1.29 is 16.3 Å². The van der Waals surface area contributed by atoms with Crippen molar-refractivity contribution in [1.29, 1.82) is 0 Å². The lowest BCUT2D eigenvalue weighted by Gasteiger charge is -2.22. The zero-order valence-corrected chi connectivity index (χ0v) is 23.8. The number of pyridine rings is 1. The molecule has 0 spiro atoms. The summed E-state index contributed by atoms with van der Waals surface area (Å²) in [5, 5.41) is 14.7. The number of carbonyl (C=O) groups is 1. The van der Waals surface area contributed by atoms with E-state index in [0.29, 0.717) is 21.0 Å². The Labute approximate surface area is 255 Å². The lowest BCUT2D eigenvalue weighted by molar-refractivity contribution is -0.119. The van der Waals surface area contributed by atoms with E-state index in [0.717, 1.165) is 6.20 Å². The van der Waals surface area contributed by atoms with Gasteiger partial charge in [0.1, 0.15) is 0 Å². The second kappa shape index (κ2) is 11.7. The van der Waals surface area contributed by atoms with Crippen LogP contribution in [0.1, 0.15) is 47.2 Å². The third kappa shape index (κ3) is 5.65. The van der Waals surface area contributed by atoms with Crippen LogP contribution in [0.2, 0.25) is 10.2 Å². The second-order valence-corrected chi connectivity index (χ2v) is 10.5. The van der Waals surface area contributed by atoms with Gasteiger partial charge in [-0.2, -0.15) is 13.9 Å². The lowest BCUT2D eigenvalue weighted by atomic mass is 9.97. The number of hydrogen-bond donors (Lipinski definition) is 1. The van der Waals surface area contributed by atoms with Crippen LogP contribution in [0.15, 0.2) is 66.1 Å². The molecule has 1 aliphatic heterocycles. The summed E-state index contributed by atoms with van der Waals surface area (Å²) < 4.78 is 48.5. The van der Waals surface area contributed by atoms with Crippen LogP contribution in [-0.2, 0) is 4.79 Å². The number of nitrogens with one attached hydrogen (secondary N) is 1. The van der Waals surface area contributed by atoms with Crippen LogP contribution in [0.5, 0.6) is 0 Å². The zero-order chi connectivity index (χ0) is 32.0. The quantitative estimate of drug-likeness (QED) is 0.267.